The highest BCUT2D eigenvalue weighted by Crippen LogP contribution is 2.54. The molecular weight excluding hydrogens is 528 g/mol. The maximum absolute atomic E-state index is 12.9. The van der Waals surface area contributed by atoms with Gasteiger partial charge >= 0.3 is 0 Å². The van der Waals surface area contributed by atoms with Gasteiger partial charge in [-0.2, -0.15) is 0 Å². The summed E-state index contributed by atoms with van der Waals surface area (Å²) < 4.78 is 0. The Morgan fingerprint density at radius 3 is 1.35 bits per heavy atom. The van der Waals surface area contributed by atoms with Gasteiger partial charge in [-0.25, -0.2) is 0 Å². The first-order valence-corrected chi connectivity index (χ1v) is 15.8. The average Bonchev–Trinajstić information content (AvgIpc) is 3.32. The number of hydrogen-bond donors (Lipinski definition) is 1. The molecule has 234 valence electrons. The van der Waals surface area contributed by atoms with Crippen LogP contribution in [0.3, 0.4) is 0 Å². The minimum Gasteiger partial charge on any atom is -0.393 e. The molecule has 3 heteroatoms. The summed E-state index contributed by atoms with van der Waals surface area (Å²) in [6.07, 6.45) is 31.5. The van der Waals surface area contributed by atoms with Gasteiger partial charge in [0.05, 0.1) is 6.10 Å². The summed E-state index contributed by atoms with van der Waals surface area (Å²) in [5.74, 6) is 0.318. The molecule has 3 nitrogen and oxygen atoms in total. The summed E-state index contributed by atoms with van der Waals surface area (Å²) in [6, 6.07) is 0. The molecule has 1 N–H and O–H groups in total. The first-order valence-electron chi connectivity index (χ1n) is 15.8. The molecule has 0 bridgehead atoms. The Balaban J connectivity index is 1.86. The minimum absolute atomic E-state index is 0.0552. The molecule has 2 saturated carbocycles. The molecule has 2 rings (SSSR count). The van der Waals surface area contributed by atoms with E-state index in [9.17, 15) is 14.7 Å². The Kier molecular flexibility index (Phi) is 12.7. The van der Waals surface area contributed by atoms with E-state index < -0.39 is 11.5 Å². The molecule has 3 atom stereocenters. The van der Waals surface area contributed by atoms with E-state index in [-0.39, 0.29) is 27.8 Å². The van der Waals surface area contributed by atoms with Gasteiger partial charge in [-0.1, -0.05) is 143 Å². The Morgan fingerprint density at radius 2 is 0.953 bits per heavy atom. The van der Waals surface area contributed by atoms with Gasteiger partial charge in [-0.05, 0) is 76.4 Å². The molecule has 0 aromatic heterocycles. The summed E-state index contributed by atoms with van der Waals surface area (Å²) in [5, 5.41) is 10.1. The Labute approximate surface area is 262 Å². The molecule has 43 heavy (non-hydrogen) atoms. The number of aliphatic hydroxyl groups is 1. The largest absolute Gasteiger partial charge is 0.393 e. The number of aliphatic hydroxyl groups excluding tert-OH is 1. The second-order valence-corrected chi connectivity index (χ2v) is 14.5. The summed E-state index contributed by atoms with van der Waals surface area (Å²) in [5.41, 5.74) is 3.34. The number of allylic oxidation sites excluding steroid dienone is 18. The Hall–Kier alpha value is -3.04. The molecule has 2 aliphatic carbocycles. The van der Waals surface area contributed by atoms with Crippen LogP contribution in [0.5, 0.6) is 0 Å². The zero-order valence-corrected chi connectivity index (χ0v) is 28.5. The normalized spacial score (nSPS) is 29.0. The number of carbonyl (C=O) groups is 2. The van der Waals surface area contributed by atoms with E-state index in [1.807, 2.05) is 82.4 Å². The summed E-state index contributed by atoms with van der Waals surface area (Å²) in [7, 11) is 0. The lowest BCUT2D eigenvalue weighted by atomic mass is 9.66. The fraction of sp³-hybridized carbons (Fsp3) is 0.500. The molecule has 0 unspecified atom stereocenters. The zero-order valence-electron chi connectivity index (χ0n) is 28.5. The van der Waals surface area contributed by atoms with Gasteiger partial charge < -0.3 is 5.11 Å². The van der Waals surface area contributed by atoms with Crippen LogP contribution in [0.4, 0.5) is 0 Å². The van der Waals surface area contributed by atoms with Gasteiger partial charge in [-0.15, -0.1) is 0 Å². The van der Waals surface area contributed by atoms with Crippen molar-refractivity contribution in [2.24, 2.45) is 21.7 Å². The van der Waals surface area contributed by atoms with Crippen molar-refractivity contribution in [2.75, 3.05) is 0 Å². The Morgan fingerprint density at radius 1 is 0.535 bits per heavy atom. The highest BCUT2D eigenvalue weighted by Gasteiger charge is 2.53. The summed E-state index contributed by atoms with van der Waals surface area (Å²) in [4.78, 5) is 25.8. The van der Waals surface area contributed by atoms with Crippen molar-refractivity contribution >= 4 is 11.6 Å². The van der Waals surface area contributed by atoms with E-state index in [0.29, 0.717) is 12.8 Å². The van der Waals surface area contributed by atoms with Gasteiger partial charge in [0.15, 0.2) is 11.6 Å². The molecule has 0 saturated heterocycles. The van der Waals surface area contributed by atoms with Gasteiger partial charge in [0, 0.05) is 10.8 Å². The van der Waals surface area contributed by atoms with Crippen molar-refractivity contribution in [3.8, 4) is 0 Å². The van der Waals surface area contributed by atoms with Crippen molar-refractivity contribution in [2.45, 2.75) is 107 Å². The van der Waals surface area contributed by atoms with Crippen molar-refractivity contribution in [3.63, 3.8) is 0 Å². The van der Waals surface area contributed by atoms with E-state index in [2.05, 4.69) is 59.8 Å². The lowest BCUT2D eigenvalue weighted by Gasteiger charge is -2.36. The van der Waals surface area contributed by atoms with Gasteiger partial charge in [0.2, 0.25) is 0 Å². The fourth-order valence-electron chi connectivity index (χ4n) is 6.15. The Bertz CT molecular complexity index is 1300. The van der Waals surface area contributed by atoms with Crippen LogP contribution < -0.4 is 0 Å². The maximum atomic E-state index is 12.9. The van der Waals surface area contributed by atoms with Crippen LogP contribution in [-0.4, -0.2) is 22.8 Å². The van der Waals surface area contributed by atoms with Crippen LogP contribution in [-0.2, 0) is 9.59 Å². The predicted octanol–water partition coefficient (Wildman–Crippen LogP) is 10.1. The third-order valence-corrected chi connectivity index (χ3v) is 10.2. The van der Waals surface area contributed by atoms with E-state index in [0.717, 1.165) is 41.6 Å². The topological polar surface area (TPSA) is 54.4 Å². The van der Waals surface area contributed by atoms with Crippen molar-refractivity contribution < 1.29 is 14.7 Å². The quantitative estimate of drug-likeness (QED) is 0.183. The predicted molar refractivity (Wildman–Crippen MR) is 184 cm³/mol. The highest BCUT2D eigenvalue weighted by atomic mass is 16.3. The van der Waals surface area contributed by atoms with E-state index in [1.165, 1.54) is 0 Å². The average molecular weight is 585 g/mol. The third-order valence-electron chi connectivity index (χ3n) is 10.2. The molecule has 0 amide bonds. The summed E-state index contributed by atoms with van der Waals surface area (Å²) >= 11 is 0. The van der Waals surface area contributed by atoms with Crippen LogP contribution >= 0.6 is 0 Å². The van der Waals surface area contributed by atoms with Crippen LogP contribution in [0.25, 0.3) is 0 Å². The fourth-order valence-corrected chi connectivity index (χ4v) is 6.15. The highest BCUT2D eigenvalue weighted by molar-refractivity contribution is 5.96. The van der Waals surface area contributed by atoms with Crippen molar-refractivity contribution in [1.29, 1.82) is 0 Å². The molecular formula is C40H56O3. The van der Waals surface area contributed by atoms with E-state index in [4.69, 9.17) is 0 Å². The summed E-state index contributed by atoms with van der Waals surface area (Å²) in [6.45, 7) is 20.8. The van der Waals surface area contributed by atoms with Crippen molar-refractivity contribution in [3.05, 3.63) is 107 Å². The molecule has 2 aliphatic rings. The third kappa shape index (κ3) is 9.73. The van der Waals surface area contributed by atoms with E-state index >= 15 is 0 Å². The van der Waals surface area contributed by atoms with Gasteiger partial charge in [0.1, 0.15) is 0 Å². The lowest BCUT2D eigenvalue weighted by Crippen LogP contribution is -2.36. The molecule has 2 fully saturated rings. The van der Waals surface area contributed by atoms with Crippen LogP contribution in [0.15, 0.2) is 107 Å². The molecule has 0 spiro atoms. The SMILES string of the molecule is CC(C=CC(=O)[C@]1(C)CCCC1(C)C)=CC=CC(C)=C/C=C/C=C(C)/C=C/C=C(C)/C=C/C(=O)[C@]1(C)C[C@@H](O)CC1(C)C. The number of rotatable bonds is 12. The molecule has 0 radical (unpaired) electrons. The number of carbonyl (C=O) groups excluding carboxylic acids is 2. The second-order valence-electron chi connectivity index (χ2n) is 14.5. The standard InChI is InChI=1S/C40H56O3/c1-30(18-13-20-32(3)22-24-35(42)39(9)27-15-26-37(39,5)6)16-11-12-17-31(2)19-14-21-33(4)23-25-36(43)40(10)29-34(41)28-38(40,7)8/h11-14,16-25,34,41H,15,26-29H2,1-10H3/b12-11+,18-13?,19-14+,24-22?,25-23+,30-16?,31-17+,32-20?,33-21+/t34-,39-,40-/m0/s1. The zero-order chi connectivity index (χ0) is 32.5. The lowest BCUT2D eigenvalue weighted by molar-refractivity contribution is -0.128. The maximum Gasteiger partial charge on any atom is 0.162 e. The minimum atomic E-state index is -0.535. The first kappa shape index (κ1) is 36.2. The molecule has 0 heterocycles. The van der Waals surface area contributed by atoms with Crippen LogP contribution in [0.1, 0.15) is 101 Å². The second kappa shape index (κ2) is 15.1. The van der Waals surface area contributed by atoms with Crippen molar-refractivity contribution in [1.82, 2.24) is 0 Å². The molecule has 0 aliphatic heterocycles. The number of hydrogen-bond acceptors (Lipinski definition) is 3. The van der Waals surface area contributed by atoms with E-state index in [1.54, 1.807) is 12.2 Å². The molecule has 0 aromatic rings. The van der Waals surface area contributed by atoms with Crippen LogP contribution in [0.2, 0.25) is 0 Å². The van der Waals surface area contributed by atoms with Gasteiger partial charge in [0.25, 0.3) is 0 Å². The van der Waals surface area contributed by atoms with Crippen LogP contribution in [0, 0.1) is 21.7 Å². The number of ketones is 2. The molecule has 0 aromatic carbocycles. The first-order chi connectivity index (χ1) is 19.9. The van der Waals surface area contributed by atoms with Gasteiger partial charge in [-0.3, -0.25) is 9.59 Å². The monoisotopic (exact) mass is 584 g/mol. The smallest absolute Gasteiger partial charge is 0.162 e.